The Kier molecular flexibility index (Phi) is 26.1. The lowest BCUT2D eigenvalue weighted by Crippen LogP contribution is -2.64. The summed E-state index contributed by atoms with van der Waals surface area (Å²) in [6, 6.07) is 5.33. The van der Waals surface area contributed by atoms with Gasteiger partial charge in [0.05, 0.1) is 0 Å². The maximum atomic E-state index is 15.1. The van der Waals surface area contributed by atoms with Crippen LogP contribution in [0.5, 0.6) is 0 Å². The van der Waals surface area contributed by atoms with E-state index in [-0.39, 0.29) is 89.3 Å². The van der Waals surface area contributed by atoms with E-state index in [2.05, 4.69) is 31.9 Å². The van der Waals surface area contributed by atoms with Crippen LogP contribution in [-0.2, 0) is 60.8 Å². The predicted molar refractivity (Wildman–Crippen MR) is 317 cm³/mol. The van der Waals surface area contributed by atoms with E-state index in [0.29, 0.717) is 36.8 Å². The second-order valence-electron chi connectivity index (χ2n) is 24.3. The van der Waals surface area contributed by atoms with Gasteiger partial charge in [-0.25, -0.2) is 11.7 Å². The minimum atomic E-state index is -1.39. The highest BCUT2D eigenvalue weighted by molar-refractivity contribution is 6.00. The van der Waals surface area contributed by atoms with E-state index >= 15 is 9.59 Å². The molecule has 0 aliphatic carbocycles. The number of fused-ring (bicyclic) bond motifs is 2. The first-order chi connectivity index (χ1) is 39.9. The Morgan fingerprint density at radius 2 is 0.821 bits per heavy atom. The van der Waals surface area contributed by atoms with Gasteiger partial charge in [-0.15, -0.1) is 0 Å². The third kappa shape index (κ3) is 18.5. The normalized spacial score (nSPS) is 26.5. The second kappa shape index (κ2) is 32.3. The molecule has 0 radical (unpaired) electrons. The molecule has 3 aliphatic heterocycles. The maximum Gasteiger partial charge on any atom is 0.259 e. The Balaban J connectivity index is 1.62. The van der Waals surface area contributed by atoms with Gasteiger partial charge in [0.25, 0.3) is 11.8 Å². The van der Waals surface area contributed by atoms with Crippen molar-refractivity contribution in [3.8, 4) is 0 Å². The summed E-state index contributed by atoms with van der Waals surface area (Å²) in [5.41, 5.74) is 7.24. The molecular weight excluding hydrogens is 1070 g/mol. The number of hydrogen-bond donors (Lipinski definition) is 9. The van der Waals surface area contributed by atoms with Gasteiger partial charge in [0.1, 0.15) is 60.4 Å². The van der Waals surface area contributed by atoms with Crippen LogP contribution in [0.1, 0.15) is 144 Å². The standard InChI is InChI=1S/C61H95N13O10/c1-10-11-25-42-52(75)67-44(32-36(2)3)58(81)73(63)48(34-40-21-14-12-15-22-40)60(83)72-31-20-28-47(72)55(78)70-51(39(8)9)57(80)66-43(26-18-29-62)53(76)68-45(33-37(4)5)59(82)74(64)49(35-41-23-16-13-17-24-41)61(84)71-30-19-27-46(71)54(77)69-50(38(6)7)56(79)65-42/h12-17,21-24,36-39,42-51H,10-11,18-20,25-35,62-64H2,1-9H3,(H,65,79)(H,66,80)(H,67,75)(H,68,76)(H,69,77)(H,70,78)/t42-,43-,44-,45-,46-,47-,48+,49+,50-,51-/m0/s1. The third-order valence-electron chi connectivity index (χ3n) is 15.9. The zero-order chi connectivity index (χ0) is 61.9. The number of rotatable bonds is 16. The highest BCUT2D eigenvalue weighted by Crippen LogP contribution is 2.25. The van der Waals surface area contributed by atoms with Crippen LogP contribution in [0.4, 0.5) is 0 Å². The van der Waals surface area contributed by atoms with Gasteiger partial charge in [0.2, 0.25) is 47.3 Å². The van der Waals surface area contributed by atoms with Gasteiger partial charge in [-0.3, -0.25) is 58.0 Å². The zero-order valence-electron chi connectivity index (χ0n) is 50.8. The Morgan fingerprint density at radius 3 is 1.15 bits per heavy atom. The fraction of sp³-hybridized carbons (Fsp3) is 0.639. The summed E-state index contributed by atoms with van der Waals surface area (Å²) < 4.78 is 0. The van der Waals surface area contributed by atoms with E-state index in [4.69, 9.17) is 17.4 Å². The number of hydrazine groups is 2. The van der Waals surface area contributed by atoms with Crippen LogP contribution < -0.4 is 49.3 Å². The molecule has 3 heterocycles. The summed E-state index contributed by atoms with van der Waals surface area (Å²) >= 11 is 0. The van der Waals surface area contributed by atoms with E-state index in [0.717, 1.165) is 10.0 Å². The minimum absolute atomic E-state index is 0.0395. The molecule has 10 amide bonds. The van der Waals surface area contributed by atoms with Crippen molar-refractivity contribution in [3.05, 3.63) is 71.8 Å². The van der Waals surface area contributed by atoms with Crippen LogP contribution in [0.25, 0.3) is 0 Å². The van der Waals surface area contributed by atoms with Crippen LogP contribution in [0.15, 0.2) is 60.7 Å². The summed E-state index contributed by atoms with van der Waals surface area (Å²) in [5.74, 6) is 5.15. The molecule has 3 aliphatic rings. The van der Waals surface area contributed by atoms with Crippen molar-refractivity contribution < 1.29 is 47.9 Å². The van der Waals surface area contributed by atoms with Gasteiger partial charge in [-0.05, 0) is 99.1 Å². The Morgan fingerprint density at radius 1 is 0.464 bits per heavy atom. The maximum absolute atomic E-state index is 15.1. The van der Waals surface area contributed by atoms with Crippen molar-refractivity contribution in [2.75, 3.05) is 19.6 Å². The number of amides is 10. The molecule has 464 valence electrons. The SMILES string of the molecule is CCCC[C@@H]1NC(=O)[C@H](C(C)C)NC(=O)[C@@H]2CCCN2C(=O)[C@@H](Cc2ccccc2)N(N)C(=O)[C@H](CC(C)C)NC(=O)[C@H](CCCN)NC(=O)[C@H](C(C)C)NC(=O)[C@@H]2CCCN2C(=O)[C@@H](Cc2ccccc2)N(N)C(=O)[C@H](CC(C)C)NC1=O. The predicted octanol–water partition coefficient (Wildman–Crippen LogP) is 1.85. The fourth-order valence-electron chi connectivity index (χ4n) is 11.2. The number of nitrogens with two attached hydrogens (primary N) is 3. The molecule has 84 heavy (non-hydrogen) atoms. The Labute approximate surface area is 495 Å². The van der Waals surface area contributed by atoms with Gasteiger partial charge >= 0.3 is 0 Å². The monoisotopic (exact) mass is 1170 g/mol. The average molecular weight is 1170 g/mol. The molecule has 0 saturated carbocycles. The van der Waals surface area contributed by atoms with E-state index in [1.54, 1.807) is 88.4 Å². The first kappa shape index (κ1) is 67.8. The van der Waals surface area contributed by atoms with Crippen molar-refractivity contribution in [3.63, 3.8) is 0 Å². The van der Waals surface area contributed by atoms with Crippen LogP contribution in [0.2, 0.25) is 0 Å². The summed E-state index contributed by atoms with van der Waals surface area (Å²) in [6.07, 6.45) is 2.85. The van der Waals surface area contributed by atoms with Gasteiger partial charge < -0.3 is 47.4 Å². The van der Waals surface area contributed by atoms with Crippen molar-refractivity contribution in [1.82, 2.24) is 51.7 Å². The van der Waals surface area contributed by atoms with Crippen LogP contribution in [0.3, 0.4) is 0 Å². The zero-order valence-corrected chi connectivity index (χ0v) is 50.8. The number of nitrogens with zero attached hydrogens (tertiary/aromatic N) is 4. The van der Waals surface area contributed by atoms with E-state index in [9.17, 15) is 38.4 Å². The van der Waals surface area contributed by atoms with Crippen LogP contribution in [-0.4, -0.2) is 159 Å². The van der Waals surface area contributed by atoms with Gasteiger partial charge in [0, 0.05) is 25.9 Å². The number of unbranched alkanes of at least 4 members (excludes halogenated alkanes) is 1. The summed E-state index contributed by atoms with van der Waals surface area (Å²) in [6.45, 7) is 16.6. The molecule has 23 nitrogen and oxygen atoms in total. The molecule has 0 bridgehead atoms. The number of benzene rings is 2. The number of hydrogen-bond acceptors (Lipinski definition) is 13. The van der Waals surface area contributed by atoms with Gasteiger partial charge in [-0.2, -0.15) is 0 Å². The molecule has 0 unspecified atom stereocenters. The third-order valence-corrected chi connectivity index (χ3v) is 15.9. The molecule has 10 atom stereocenters. The molecule has 2 aromatic rings. The van der Waals surface area contributed by atoms with Crippen molar-refractivity contribution in [2.45, 2.75) is 206 Å². The van der Waals surface area contributed by atoms with Crippen LogP contribution >= 0.6 is 0 Å². The summed E-state index contributed by atoms with van der Waals surface area (Å²) in [7, 11) is 0. The number of nitrogens with one attached hydrogen (secondary N) is 6. The summed E-state index contributed by atoms with van der Waals surface area (Å²) in [5, 5.41) is 18.7. The van der Waals surface area contributed by atoms with Crippen molar-refractivity contribution in [2.24, 2.45) is 41.1 Å². The lowest BCUT2D eigenvalue weighted by molar-refractivity contribution is -0.151. The van der Waals surface area contributed by atoms with Gasteiger partial charge in [-0.1, -0.05) is 136 Å². The van der Waals surface area contributed by atoms with Crippen molar-refractivity contribution in [1.29, 1.82) is 0 Å². The average Bonchev–Trinajstić information content (AvgIpc) is 4.07. The molecule has 3 saturated heterocycles. The molecule has 0 spiro atoms. The Bertz CT molecular complexity index is 2400. The Hall–Kier alpha value is -6.98. The minimum Gasteiger partial charge on any atom is -0.343 e. The smallest absolute Gasteiger partial charge is 0.259 e. The fourth-order valence-corrected chi connectivity index (χ4v) is 11.2. The second-order valence-corrected chi connectivity index (χ2v) is 24.3. The summed E-state index contributed by atoms with van der Waals surface area (Å²) in [4.78, 5) is 150. The molecule has 2 aromatic carbocycles. The molecule has 3 fully saturated rings. The van der Waals surface area contributed by atoms with E-state index in [1.165, 1.54) is 9.80 Å². The highest BCUT2D eigenvalue weighted by atomic mass is 16.2. The molecule has 0 aromatic heterocycles. The largest absolute Gasteiger partial charge is 0.343 e. The molecule has 23 heteroatoms. The molecule has 5 rings (SSSR count). The first-order valence-corrected chi connectivity index (χ1v) is 30.2. The van der Waals surface area contributed by atoms with E-state index < -0.39 is 131 Å². The number of carbonyl (C=O) groups excluding carboxylic acids is 10. The topological polar surface area (TPSA) is 334 Å². The van der Waals surface area contributed by atoms with Crippen molar-refractivity contribution >= 4 is 59.1 Å². The van der Waals surface area contributed by atoms with Gasteiger partial charge in [0.15, 0.2) is 0 Å². The highest BCUT2D eigenvalue weighted by Gasteiger charge is 2.45. The van der Waals surface area contributed by atoms with E-state index in [1.807, 2.05) is 34.6 Å². The number of carbonyl (C=O) groups is 10. The lowest BCUT2D eigenvalue weighted by atomic mass is 9.98. The first-order valence-electron chi connectivity index (χ1n) is 30.2. The lowest BCUT2D eigenvalue weighted by Gasteiger charge is -2.36. The molecular formula is C61H95N13O10. The van der Waals surface area contributed by atoms with Crippen LogP contribution in [0, 0.1) is 23.7 Å². The molecule has 12 N–H and O–H groups in total. The quantitative estimate of drug-likeness (QED) is 0.0858.